The lowest BCUT2D eigenvalue weighted by Crippen LogP contribution is -2.23. The molecule has 0 unspecified atom stereocenters. The van der Waals surface area contributed by atoms with E-state index in [1.54, 1.807) is 0 Å². The molecule has 0 atom stereocenters. The summed E-state index contributed by atoms with van der Waals surface area (Å²) in [5.41, 5.74) is 0. The summed E-state index contributed by atoms with van der Waals surface area (Å²) in [5, 5.41) is 1.15. The molecule has 3 nitrogen and oxygen atoms in total. The molecule has 0 aliphatic carbocycles. The SMILES string of the molecule is C#CCN1OC[CH]C1=O. The van der Waals surface area contributed by atoms with E-state index in [-0.39, 0.29) is 12.5 Å². The molecule has 9 heavy (non-hydrogen) atoms. The van der Waals surface area contributed by atoms with Crippen molar-refractivity contribution >= 4 is 5.91 Å². The lowest BCUT2D eigenvalue weighted by atomic mass is 10.4. The molecule has 1 amide bonds. The summed E-state index contributed by atoms with van der Waals surface area (Å²) in [5.74, 6) is 2.15. The molecule has 0 aromatic heterocycles. The van der Waals surface area contributed by atoms with Gasteiger partial charge in [0, 0.05) is 0 Å². The first kappa shape index (κ1) is 6.12. The highest BCUT2D eigenvalue weighted by Gasteiger charge is 2.20. The third-order valence-corrected chi connectivity index (χ3v) is 0.969. The molecular weight excluding hydrogens is 118 g/mol. The number of amides is 1. The normalized spacial score (nSPS) is 18.1. The quantitative estimate of drug-likeness (QED) is 0.445. The molecule has 1 saturated heterocycles. The van der Waals surface area contributed by atoms with Gasteiger partial charge in [0.25, 0.3) is 5.91 Å². The second-order valence-electron chi connectivity index (χ2n) is 1.58. The van der Waals surface area contributed by atoms with Crippen molar-refractivity contribution in [3.05, 3.63) is 6.42 Å². The fraction of sp³-hybridized carbons (Fsp3) is 0.333. The van der Waals surface area contributed by atoms with Crippen molar-refractivity contribution in [2.24, 2.45) is 0 Å². The number of carbonyl (C=O) groups is 1. The monoisotopic (exact) mass is 124 g/mol. The molecule has 0 spiro atoms. The number of hydrogen-bond donors (Lipinski definition) is 0. The van der Waals surface area contributed by atoms with Gasteiger partial charge in [0.1, 0.15) is 6.54 Å². The number of carbonyl (C=O) groups excluding carboxylic acids is 1. The number of terminal acetylenes is 1. The zero-order valence-corrected chi connectivity index (χ0v) is 4.83. The van der Waals surface area contributed by atoms with Crippen molar-refractivity contribution in [2.45, 2.75) is 0 Å². The van der Waals surface area contributed by atoms with Gasteiger partial charge < -0.3 is 0 Å². The van der Waals surface area contributed by atoms with Gasteiger partial charge in [-0.3, -0.25) is 9.63 Å². The molecule has 1 heterocycles. The van der Waals surface area contributed by atoms with Crippen LogP contribution < -0.4 is 0 Å². The average molecular weight is 124 g/mol. The van der Waals surface area contributed by atoms with Crippen molar-refractivity contribution in [1.29, 1.82) is 0 Å². The summed E-state index contributed by atoms with van der Waals surface area (Å²) in [6, 6.07) is 0. The zero-order chi connectivity index (χ0) is 6.69. The van der Waals surface area contributed by atoms with Crippen molar-refractivity contribution in [2.75, 3.05) is 13.2 Å². The summed E-state index contributed by atoms with van der Waals surface area (Å²) in [6.45, 7) is 0.579. The minimum atomic E-state index is -0.145. The summed E-state index contributed by atoms with van der Waals surface area (Å²) in [4.78, 5) is 15.4. The molecule has 0 bridgehead atoms. The van der Waals surface area contributed by atoms with E-state index in [0.717, 1.165) is 5.06 Å². The van der Waals surface area contributed by atoms with Crippen LogP contribution in [0.5, 0.6) is 0 Å². The Morgan fingerprint density at radius 2 is 2.78 bits per heavy atom. The first-order valence-electron chi connectivity index (χ1n) is 2.55. The van der Waals surface area contributed by atoms with Gasteiger partial charge in [-0.2, -0.15) is 0 Å². The van der Waals surface area contributed by atoms with Gasteiger partial charge >= 0.3 is 0 Å². The van der Waals surface area contributed by atoms with Gasteiger partial charge in [-0.15, -0.1) is 6.42 Å². The fourth-order valence-electron chi connectivity index (χ4n) is 0.570. The highest BCUT2D eigenvalue weighted by atomic mass is 16.7. The average Bonchev–Trinajstić information content (AvgIpc) is 2.18. The van der Waals surface area contributed by atoms with Crippen LogP contribution in [0.3, 0.4) is 0 Å². The Morgan fingerprint density at radius 1 is 2.00 bits per heavy atom. The molecule has 0 aromatic carbocycles. The summed E-state index contributed by atoms with van der Waals surface area (Å²) in [7, 11) is 0. The maximum Gasteiger partial charge on any atom is 0.253 e. The Kier molecular flexibility index (Phi) is 1.71. The van der Waals surface area contributed by atoms with Gasteiger partial charge in [0.2, 0.25) is 0 Å². The molecule has 47 valence electrons. The predicted octanol–water partition coefficient (Wildman–Crippen LogP) is -0.402. The molecule has 1 fully saturated rings. The van der Waals surface area contributed by atoms with E-state index in [0.29, 0.717) is 6.61 Å². The first-order chi connectivity index (χ1) is 4.34. The third kappa shape index (κ3) is 1.21. The lowest BCUT2D eigenvalue weighted by molar-refractivity contribution is -0.157. The molecule has 1 rings (SSSR count). The minimum Gasteiger partial charge on any atom is -0.272 e. The van der Waals surface area contributed by atoms with E-state index in [2.05, 4.69) is 5.92 Å². The highest BCUT2D eigenvalue weighted by molar-refractivity contribution is 5.85. The van der Waals surface area contributed by atoms with Crippen LogP contribution >= 0.6 is 0 Å². The second-order valence-corrected chi connectivity index (χ2v) is 1.58. The topological polar surface area (TPSA) is 29.5 Å². The van der Waals surface area contributed by atoms with Crippen molar-refractivity contribution < 1.29 is 9.63 Å². The van der Waals surface area contributed by atoms with Gasteiger partial charge in [-0.05, 0) is 0 Å². The van der Waals surface area contributed by atoms with Crippen LogP contribution in [0.25, 0.3) is 0 Å². The van der Waals surface area contributed by atoms with Crippen molar-refractivity contribution in [3.63, 3.8) is 0 Å². The van der Waals surface area contributed by atoms with E-state index < -0.39 is 0 Å². The second kappa shape index (κ2) is 2.51. The van der Waals surface area contributed by atoms with E-state index >= 15 is 0 Å². The number of rotatable bonds is 1. The van der Waals surface area contributed by atoms with Crippen LogP contribution in [-0.4, -0.2) is 24.1 Å². The summed E-state index contributed by atoms with van der Waals surface area (Å²) >= 11 is 0. The van der Waals surface area contributed by atoms with Crippen molar-refractivity contribution in [3.8, 4) is 12.3 Å². The molecule has 0 N–H and O–H groups in total. The molecule has 3 heteroatoms. The molecule has 1 aliphatic rings. The molecule has 0 aromatic rings. The third-order valence-electron chi connectivity index (χ3n) is 0.969. The number of hydrogen-bond acceptors (Lipinski definition) is 2. The van der Waals surface area contributed by atoms with Crippen LogP contribution in [0.2, 0.25) is 0 Å². The lowest BCUT2D eigenvalue weighted by Gasteiger charge is -2.07. The van der Waals surface area contributed by atoms with E-state index in [9.17, 15) is 4.79 Å². The van der Waals surface area contributed by atoms with Gasteiger partial charge in [-0.1, -0.05) is 5.92 Å². The van der Waals surface area contributed by atoms with Gasteiger partial charge in [-0.25, -0.2) is 5.06 Å². The van der Waals surface area contributed by atoms with Crippen LogP contribution in [0.4, 0.5) is 0 Å². The van der Waals surface area contributed by atoms with Crippen molar-refractivity contribution in [1.82, 2.24) is 5.06 Å². The zero-order valence-electron chi connectivity index (χ0n) is 4.83. The standard InChI is InChI=1S/C6H6NO2/c1-2-4-7-6(8)3-5-9-7/h1,3H,4-5H2. The van der Waals surface area contributed by atoms with E-state index in [1.807, 2.05) is 0 Å². The van der Waals surface area contributed by atoms with E-state index in [4.69, 9.17) is 11.3 Å². The fourth-order valence-corrected chi connectivity index (χ4v) is 0.570. The highest BCUT2D eigenvalue weighted by Crippen LogP contribution is 2.02. The summed E-state index contributed by atoms with van der Waals surface area (Å²) in [6.07, 6.45) is 6.37. The molecule has 1 aliphatic heterocycles. The van der Waals surface area contributed by atoms with Gasteiger partial charge in [0.05, 0.1) is 13.0 Å². The smallest absolute Gasteiger partial charge is 0.253 e. The Labute approximate surface area is 53.5 Å². The largest absolute Gasteiger partial charge is 0.272 e. The molecule has 0 saturated carbocycles. The van der Waals surface area contributed by atoms with Crippen LogP contribution in [0, 0.1) is 18.8 Å². The maximum absolute atomic E-state index is 10.6. The Hall–Kier alpha value is -1.01. The molecule has 1 radical (unpaired) electrons. The van der Waals surface area contributed by atoms with Crippen LogP contribution in [-0.2, 0) is 9.63 Å². The number of hydroxylamine groups is 2. The van der Waals surface area contributed by atoms with Crippen LogP contribution in [0.1, 0.15) is 0 Å². The maximum atomic E-state index is 10.6. The minimum absolute atomic E-state index is 0.145. The molecular formula is C6H6NO2. The Bertz CT molecular complexity index is 159. The first-order valence-corrected chi connectivity index (χ1v) is 2.55. The summed E-state index contributed by atoms with van der Waals surface area (Å²) < 4.78 is 0. The predicted molar refractivity (Wildman–Crippen MR) is 30.8 cm³/mol. The van der Waals surface area contributed by atoms with Crippen LogP contribution in [0.15, 0.2) is 0 Å². The Balaban J connectivity index is 2.42. The number of nitrogens with zero attached hydrogens (tertiary/aromatic N) is 1. The Morgan fingerprint density at radius 3 is 3.22 bits per heavy atom. The van der Waals surface area contributed by atoms with E-state index in [1.165, 1.54) is 6.42 Å². The van der Waals surface area contributed by atoms with Gasteiger partial charge in [0.15, 0.2) is 0 Å².